The molecule has 0 aromatic heterocycles. The standard InChI is InChI=1S/C13H17F3N2O2/c14-13(15,16)6-1-7-18-8-10-2-4-11(5-3-10)20-9-12(17)19/h2-5,18H,1,6-9H2,(H2,17,19). The van der Waals surface area contributed by atoms with Crippen molar-refractivity contribution in [2.75, 3.05) is 13.2 Å². The summed E-state index contributed by atoms with van der Waals surface area (Å²) >= 11 is 0. The molecule has 0 heterocycles. The monoisotopic (exact) mass is 290 g/mol. The van der Waals surface area contributed by atoms with Crippen LogP contribution in [0.1, 0.15) is 18.4 Å². The van der Waals surface area contributed by atoms with Crippen LogP contribution in [0.25, 0.3) is 0 Å². The molecule has 0 aliphatic heterocycles. The van der Waals surface area contributed by atoms with Gasteiger partial charge < -0.3 is 15.8 Å². The van der Waals surface area contributed by atoms with Crippen molar-refractivity contribution < 1.29 is 22.7 Å². The number of hydrogen-bond donors (Lipinski definition) is 2. The zero-order valence-electron chi connectivity index (χ0n) is 10.9. The van der Waals surface area contributed by atoms with E-state index < -0.39 is 18.5 Å². The first-order chi connectivity index (χ1) is 9.37. The van der Waals surface area contributed by atoms with Gasteiger partial charge in [-0.1, -0.05) is 12.1 Å². The van der Waals surface area contributed by atoms with E-state index in [0.29, 0.717) is 18.8 Å². The number of carbonyl (C=O) groups excluding carboxylic acids is 1. The minimum absolute atomic E-state index is 0.0588. The lowest BCUT2D eigenvalue weighted by Crippen LogP contribution is -2.20. The molecule has 0 aliphatic rings. The van der Waals surface area contributed by atoms with Gasteiger partial charge in [0.05, 0.1) is 0 Å². The van der Waals surface area contributed by atoms with Gasteiger partial charge in [0, 0.05) is 13.0 Å². The first-order valence-electron chi connectivity index (χ1n) is 6.14. The van der Waals surface area contributed by atoms with E-state index in [0.717, 1.165) is 5.56 Å². The molecule has 1 aromatic rings. The van der Waals surface area contributed by atoms with Crippen molar-refractivity contribution in [2.24, 2.45) is 5.73 Å². The van der Waals surface area contributed by atoms with Crippen molar-refractivity contribution in [1.29, 1.82) is 0 Å². The maximum absolute atomic E-state index is 11.9. The Morgan fingerprint density at radius 3 is 2.45 bits per heavy atom. The average Bonchev–Trinajstić information content (AvgIpc) is 2.36. The Morgan fingerprint density at radius 2 is 1.90 bits per heavy atom. The van der Waals surface area contributed by atoms with Gasteiger partial charge in [0.15, 0.2) is 6.61 Å². The zero-order valence-corrected chi connectivity index (χ0v) is 10.9. The molecule has 20 heavy (non-hydrogen) atoms. The second kappa shape index (κ2) is 7.74. The summed E-state index contributed by atoms with van der Waals surface area (Å²) in [6.07, 6.45) is -4.82. The van der Waals surface area contributed by atoms with Crippen LogP contribution in [0.4, 0.5) is 13.2 Å². The van der Waals surface area contributed by atoms with Crippen molar-refractivity contribution in [3.8, 4) is 5.75 Å². The first kappa shape index (κ1) is 16.3. The van der Waals surface area contributed by atoms with Crippen molar-refractivity contribution in [3.05, 3.63) is 29.8 Å². The molecule has 0 fully saturated rings. The summed E-state index contributed by atoms with van der Waals surface area (Å²) in [6.45, 7) is 0.600. The van der Waals surface area contributed by atoms with E-state index in [1.165, 1.54) is 0 Å². The molecule has 1 rings (SSSR count). The number of ether oxygens (including phenoxy) is 1. The van der Waals surface area contributed by atoms with Crippen molar-refractivity contribution in [1.82, 2.24) is 5.32 Å². The van der Waals surface area contributed by atoms with Crippen LogP contribution in [-0.2, 0) is 11.3 Å². The maximum atomic E-state index is 11.9. The van der Waals surface area contributed by atoms with Gasteiger partial charge in [-0.3, -0.25) is 4.79 Å². The third kappa shape index (κ3) is 7.63. The molecule has 0 unspecified atom stereocenters. The second-order valence-electron chi connectivity index (χ2n) is 4.29. The molecule has 0 atom stereocenters. The Morgan fingerprint density at radius 1 is 1.25 bits per heavy atom. The number of alkyl halides is 3. The fourth-order valence-corrected chi connectivity index (χ4v) is 1.50. The Labute approximate surface area is 115 Å². The summed E-state index contributed by atoms with van der Waals surface area (Å²) in [5, 5.41) is 2.93. The van der Waals surface area contributed by atoms with E-state index in [2.05, 4.69) is 5.32 Å². The average molecular weight is 290 g/mol. The highest BCUT2D eigenvalue weighted by atomic mass is 19.4. The number of carbonyl (C=O) groups is 1. The third-order valence-electron chi connectivity index (χ3n) is 2.45. The van der Waals surface area contributed by atoms with Gasteiger partial charge in [-0.2, -0.15) is 13.2 Å². The molecule has 0 spiro atoms. The van der Waals surface area contributed by atoms with E-state index in [-0.39, 0.29) is 13.0 Å². The molecule has 0 saturated carbocycles. The molecule has 112 valence electrons. The van der Waals surface area contributed by atoms with E-state index in [9.17, 15) is 18.0 Å². The Hall–Kier alpha value is -1.76. The maximum Gasteiger partial charge on any atom is 0.389 e. The van der Waals surface area contributed by atoms with Crippen LogP contribution in [0.5, 0.6) is 5.75 Å². The summed E-state index contributed by atoms with van der Waals surface area (Å²) in [5.41, 5.74) is 5.86. The van der Waals surface area contributed by atoms with Gasteiger partial charge in [0.2, 0.25) is 0 Å². The van der Waals surface area contributed by atoms with Gasteiger partial charge >= 0.3 is 6.18 Å². The van der Waals surface area contributed by atoms with Crippen LogP contribution in [0, 0.1) is 0 Å². The summed E-state index contributed by atoms with van der Waals surface area (Å²) < 4.78 is 40.8. The minimum atomic E-state index is -4.10. The fraction of sp³-hybridized carbons (Fsp3) is 0.462. The molecule has 0 radical (unpaired) electrons. The summed E-state index contributed by atoms with van der Waals surface area (Å²) in [4.78, 5) is 10.5. The second-order valence-corrected chi connectivity index (χ2v) is 4.29. The van der Waals surface area contributed by atoms with Crippen LogP contribution in [-0.4, -0.2) is 25.2 Å². The molecule has 3 N–H and O–H groups in total. The largest absolute Gasteiger partial charge is 0.484 e. The van der Waals surface area contributed by atoms with Crippen LogP contribution < -0.4 is 15.8 Å². The number of nitrogens with two attached hydrogens (primary N) is 1. The van der Waals surface area contributed by atoms with Gasteiger partial charge in [0.25, 0.3) is 5.91 Å². The highest BCUT2D eigenvalue weighted by Crippen LogP contribution is 2.20. The van der Waals surface area contributed by atoms with Crippen LogP contribution >= 0.6 is 0 Å². The van der Waals surface area contributed by atoms with Crippen LogP contribution in [0.15, 0.2) is 24.3 Å². The van der Waals surface area contributed by atoms with Crippen LogP contribution in [0.2, 0.25) is 0 Å². The van der Waals surface area contributed by atoms with Gasteiger partial charge in [0.1, 0.15) is 5.75 Å². The predicted octanol–water partition coefficient (Wildman–Crippen LogP) is 1.98. The van der Waals surface area contributed by atoms with E-state index in [4.69, 9.17) is 10.5 Å². The molecule has 0 aliphatic carbocycles. The number of halogens is 3. The predicted molar refractivity (Wildman–Crippen MR) is 68.1 cm³/mol. The molecular weight excluding hydrogens is 273 g/mol. The number of hydrogen-bond acceptors (Lipinski definition) is 3. The molecule has 1 amide bonds. The number of amides is 1. The quantitative estimate of drug-likeness (QED) is 0.720. The highest BCUT2D eigenvalue weighted by Gasteiger charge is 2.25. The Kier molecular flexibility index (Phi) is 6.30. The lowest BCUT2D eigenvalue weighted by atomic mass is 10.2. The third-order valence-corrected chi connectivity index (χ3v) is 2.45. The first-order valence-corrected chi connectivity index (χ1v) is 6.14. The van der Waals surface area contributed by atoms with Gasteiger partial charge in [-0.05, 0) is 30.7 Å². The van der Waals surface area contributed by atoms with Crippen molar-refractivity contribution in [2.45, 2.75) is 25.6 Å². The molecule has 7 heteroatoms. The molecular formula is C13H17F3N2O2. The SMILES string of the molecule is NC(=O)COc1ccc(CNCCCC(F)(F)F)cc1. The summed E-state index contributed by atoms with van der Waals surface area (Å²) in [7, 11) is 0. The van der Waals surface area contributed by atoms with E-state index in [1.54, 1.807) is 24.3 Å². The smallest absolute Gasteiger partial charge is 0.389 e. The summed E-state index contributed by atoms with van der Waals surface area (Å²) in [5.74, 6) is -0.0370. The number of nitrogens with one attached hydrogen (secondary N) is 1. The van der Waals surface area contributed by atoms with Gasteiger partial charge in [-0.25, -0.2) is 0 Å². The fourth-order valence-electron chi connectivity index (χ4n) is 1.50. The highest BCUT2D eigenvalue weighted by molar-refractivity contribution is 5.75. The number of rotatable bonds is 8. The van der Waals surface area contributed by atoms with E-state index in [1.807, 2.05) is 0 Å². The Balaban J connectivity index is 2.23. The number of benzene rings is 1. The van der Waals surface area contributed by atoms with Crippen molar-refractivity contribution >= 4 is 5.91 Å². The Bertz CT molecular complexity index is 419. The molecule has 0 saturated heterocycles. The zero-order chi connectivity index (χ0) is 15.0. The molecule has 0 bridgehead atoms. The summed E-state index contributed by atoms with van der Waals surface area (Å²) in [6, 6.07) is 6.89. The van der Waals surface area contributed by atoms with Crippen LogP contribution in [0.3, 0.4) is 0 Å². The molecule has 1 aromatic carbocycles. The lowest BCUT2D eigenvalue weighted by Gasteiger charge is -2.08. The minimum Gasteiger partial charge on any atom is -0.484 e. The van der Waals surface area contributed by atoms with Gasteiger partial charge in [-0.15, -0.1) is 0 Å². The van der Waals surface area contributed by atoms with Crippen molar-refractivity contribution in [3.63, 3.8) is 0 Å². The molecule has 4 nitrogen and oxygen atoms in total. The normalized spacial score (nSPS) is 11.3. The number of primary amides is 1. The van der Waals surface area contributed by atoms with E-state index >= 15 is 0 Å². The lowest BCUT2D eigenvalue weighted by molar-refractivity contribution is -0.135. The topological polar surface area (TPSA) is 64.4 Å².